The highest BCUT2D eigenvalue weighted by atomic mass is 19.4. The first kappa shape index (κ1) is 21.4. The van der Waals surface area contributed by atoms with E-state index in [2.05, 4.69) is 10.3 Å². The lowest BCUT2D eigenvalue weighted by Gasteiger charge is -2.12. The molecule has 0 aliphatic carbocycles. The number of oxazole rings is 1. The van der Waals surface area contributed by atoms with Gasteiger partial charge in [-0.05, 0) is 61.0 Å². The third kappa shape index (κ3) is 4.30. The van der Waals surface area contributed by atoms with Crippen molar-refractivity contribution in [1.82, 2.24) is 4.98 Å². The molecule has 4 rings (SSSR count). The number of amides is 1. The summed E-state index contributed by atoms with van der Waals surface area (Å²) in [5.41, 5.74) is 2.40. The lowest BCUT2D eigenvalue weighted by molar-refractivity contribution is -0.138. The first-order valence-electron chi connectivity index (χ1n) is 9.79. The van der Waals surface area contributed by atoms with Crippen LogP contribution in [-0.4, -0.2) is 25.0 Å². The number of anilines is 2. The molecule has 0 saturated carbocycles. The van der Waals surface area contributed by atoms with Crippen LogP contribution in [0.4, 0.5) is 24.5 Å². The van der Waals surface area contributed by atoms with Gasteiger partial charge < -0.3 is 14.6 Å². The molecule has 0 spiro atoms. The van der Waals surface area contributed by atoms with E-state index >= 15 is 0 Å². The van der Waals surface area contributed by atoms with Crippen LogP contribution < -0.4 is 10.2 Å². The maximum absolute atomic E-state index is 13.2. The van der Waals surface area contributed by atoms with E-state index in [-0.39, 0.29) is 11.1 Å². The number of fused-ring (bicyclic) bond motifs is 1. The second-order valence-corrected chi connectivity index (χ2v) is 7.63. The summed E-state index contributed by atoms with van der Waals surface area (Å²) >= 11 is 0. The van der Waals surface area contributed by atoms with Gasteiger partial charge in [-0.25, -0.2) is 4.98 Å². The van der Waals surface area contributed by atoms with Crippen LogP contribution in [0.3, 0.4) is 0 Å². The minimum atomic E-state index is -4.53. The minimum Gasteiger partial charge on any atom is -0.436 e. The first-order valence-corrected chi connectivity index (χ1v) is 9.79. The van der Waals surface area contributed by atoms with Gasteiger partial charge >= 0.3 is 6.18 Å². The van der Waals surface area contributed by atoms with Gasteiger partial charge in [0.2, 0.25) is 5.89 Å². The molecular formula is C24H20F3N3O2. The number of carbonyl (C=O) groups is 1. The summed E-state index contributed by atoms with van der Waals surface area (Å²) in [7, 11) is 3.87. The Hall–Kier alpha value is -3.81. The fourth-order valence-electron chi connectivity index (χ4n) is 3.32. The molecule has 3 aromatic carbocycles. The molecule has 4 aromatic rings. The molecule has 1 N–H and O–H groups in total. The molecule has 8 heteroatoms. The lowest BCUT2D eigenvalue weighted by Crippen LogP contribution is -2.15. The van der Waals surface area contributed by atoms with E-state index in [9.17, 15) is 18.0 Å². The summed E-state index contributed by atoms with van der Waals surface area (Å²) in [5.74, 6) is -0.210. The summed E-state index contributed by atoms with van der Waals surface area (Å²) in [6.45, 7) is 1.36. The minimum absolute atomic E-state index is 0.0592. The predicted molar refractivity (Wildman–Crippen MR) is 118 cm³/mol. The summed E-state index contributed by atoms with van der Waals surface area (Å²) < 4.78 is 45.3. The van der Waals surface area contributed by atoms with Crippen molar-refractivity contribution < 1.29 is 22.4 Å². The fraction of sp³-hybridized carbons (Fsp3) is 0.167. The normalized spacial score (nSPS) is 11.6. The van der Waals surface area contributed by atoms with Crippen LogP contribution in [0, 0.1) is 6.92 Å². The first-order chi connectivity index (χ1) is 15.1. The van der Waals surface area contributed by atoms with Crippen LogP contribution in [0.15, 0.2) is 65.1 Å². The zero-order valence-corrected chi connectivity index (χ0v) is 17.6. The van der Waals surface area contributed by atoms with E-state index in [0.29, 0.717) is 22.7 Å². The molecule has 0 aliphatic rings. The van der Waals surface area contributed by atoms with E-state index in [4.69, 9.17) is 4.42 Å². The summed E-state index contributed by atoms with van der Waals surface area (Å²) in [4.78, 5) is 19.0. The molecule has 5 nitrogen and oxygen atoms in total. The van der Waals surface area contributed by atoms with Crippen molar-refractivity contribution in [3.05, 3.63) is 77.4 Å². The van der Waals surface area contributed by atoms with E-state index in [1.807, 2.05) is 43.3 Å². The van der Waals surface area contributed by atoms with Crippen LogP contribution in [0.5, 0.6) is 0 Å². The summed E-state index contributed by atoms with van der Waals surface area (Å²) in [6.07, 6.45) is -4.53. The monoisotopic (exact) mass is 439 g/mol. The molecule has 0 unspecified atom stereocenters. The molecule has 0 aliphatic heterocycles. The molecule has 1 amide bonds. The summed E-state index contributed by atoms with van der Waals surface area (Å²) in [6, 6.07) is 16.1. The maximum atomic E-state index is 13.2. The Balaban J connectivity index is 1.60. The van der Waals surface area contributed by atoms with E-state index < -0.39 is 17.6 Å². The Kier molecular flexibility index (Phi) is 5.38. The number of aromatic nitrogens is 1. The molecule has 0 saturated heterocycles. The maximum Gasteiger partial charge on any atom is 0.416 e. The van der Waals surface area contributed by atoms with Gasteiger partial charge in [-0.2, -0.15) is 13.2 Å². The average Bonchev–Trinajstić information content (AvgIpc) is 3.16. The number of aryl methyl sites for hydroxylation is 1. The number of nitrogens with one attached hydrogen (secondary N) is 1. The zero-order valence-electron chi connectivity index (χ0n) is 17.6. The number of halogens is 3. The number of nitrogens with zero attached hydrogens (tertiary/aromatic N) is 2. The van der Waals surface area contributed by atoms with E-state index in [1.54, 1.807) is 18.2 Å². The number of alkyl halides is 3. The van der Waals surface area contributed by atoms with Crippen LogP contribution in [-0.2, 0) is 6.18 Å². The molecule has 0 fully saturated rings. The number of rotatable bonds is 4. The predicted octanol–water partition coefficient (Wildman–Crippen LogP) is 6.14. The number of hydrogen-bond donors (Lipinski definition) is 1. The SMILES string of the molecule is Cc1ccc(C(=O)Nc2ccc3oc(-c4cccc(N(C)C)c4)nc3c2)cc1C(F)(F)F. The van der Waals surface area contributed by atoms with Crippen molar-refractivity contribution in [1.29, 1.82) is 0 Å². The highest BCUT2D eigenvalue weighted by Crippen LogP contribution is 2.33. The quantitative estimate of drug-likeness (QED) is 0.415. The molecule has 0 bridgehead atoms. The Morgan fingerprint density at radius 3 is 2.53 bits per heavy atom. The molecule has 0 atom stereocenters. The largest absolute Gasteiger partial charge is 0.436 e. The number of carbonyl (C=O) groups excluding carboxylic acids is 1. The Morgan fingerprint density at radius 2 is 1.81 bits per heavy atom. The average molecular weight is 439 g/mol. The second-order valence-electron chi connectivity index (χ2n) is 7.63. The highest BCUT2D eigenvalue weighted by Gasteiger charge is 2.33. The number of hydrogen-bond acceptors (Lipinski definition) is 4. The van der Waals surface area contributed by atoms with Crippen LogP contribution in [0.25, 0.3) is 22.6 Å². The van der Waals surface area contributed by atoms with E-state index in [1.165, 1.54) is 19.1 Å². The van der Waals surface area contributed by atoms with Crippen molar-refractivity contribution >= 4 is 28.4 Å². The standard InChI is InChI=1S/C24H20F3N3O2/c1-14-7-8-15(12-19(14)24(25,26)27)22(31)28-17-9-10-21-20(13-17)29-23(32-21)16-5-4-6-18(11-16)30(2)3/h4-13H,1-3H3,(H,28,31). The van der Waals surface area contributed by atoms with Gasteiger partial charge in [0.15, 0.2) is 5.58 Å². The molecule has 1 heterocycles. The Morgan fingerprint density at radius 1 is 1.03 bits per heavy atom. The van der Waals surface area contributed by atoms with Gasteiger partial charge in [-0.1, -0.05) is 12.1 Å². The van der Waals surface area contributed by atoms with Gasteiger partial charge in [0.25, 0.3) is 5.91 Å². The highest BCUT2D eigenvalue weighted by molar-refractivity contribution is 6.05. The topological polar surface area (TPSA) is 58.4 Å². The van der Waals surface area contributed by atoms with Crippen molar-refractivity contribution in [2.24, 2.45) is 0 Å². The third-order valence-corrected chi connectivity index (χ3v) is 5.06. The number of benzene rings is 3. The summed E-state index contributed by atoms with van der Waals surface area (Å²) in [5, 5.41) is 2.63. The van der Waals surface area contributed by atoms with Crippen molar-refractivity contribution in [2.75, 3.05) is 24.3 Å². The third-order valence-electron chi connectivity index (χ3n) is 5.06. The zero-order chi connectivity index (χ0) is 23.0. The Bertz CT molecular complexity index is 1310. The molecule has 1 aromatic heterocycles. The van der Waals surface area contributed by atoms with Gasteiger partial charge in [0, 0.05) is 36.6 Å². The van der Waals surface area contributed by atoms with Gasteiger partial charge in [-0.3, -0.25) is 4.79 Å². The van der Waals surface area contributed by atoms with Crippen LogP contribution >= 0.6 is 0 Å². The molecule has 0 radical (unpaired) electrons. The van der Waals surface area contributed by atoms with Crippen molar-refractivity contribution in [3.8, 4) is 11.5 Å². The smallest absolute Gasteiger partial charge is 0.416 e. The van der Waals surface area contributed by atoms with Crippen LogP contribution in [0.2, 0.25) is 0 Å². The second kappa shape index (κ2) is 8.03. The van der Waals surface area contributed by atoms with Gasteiger partial charge in [0.05, 0.1) is 5.56 Å². The fourth-order valence-corrected chi connectivity index (χ4v) is 3.32. The molecular weight excluding hydrogens is 419 g/mol. The van der Waals surface area contributed by atoms with Gasteiger partial charge in [0.1, 0.15) is 5.52 Å². The van der Waals surface area contributed by atoms with E-state index in [0.717, 1.165) is 17.3 Å². The lowest BCUT2D eigenvalue weighted by atomic mass is 10.0. The van der Waals surface area contributed by atoms with Crippen molar-refractivity contribution in [3.63, 3.8) is 0 Å². The molecule has 164 valence electrons. The van der Waals surface area contributed by atoms with Crippen molar-refractivity contribution in [2.45, 2.75) is 13.1 Å². The van der Waals surface area contributed by atoms with Crippen LogP contribution in [0.1, 0.15) is 21.5 Å². The Labute approximate surface area is 182 Å². The van der Waals surface area contributed by atoms with Gasteiger partial charge in [-0.15, -0.1) is 0 Å². The molecule has 32 heavy (non-hydrogen) atoms.